The highest BCUT2D eigenvalue weighted by Gasteiger charge is 2.52. The summed E-state index contributed by atoms with van der Waals surface area (Å²) in [4.78, 5) is 15.8. The molecule has 8 nitrogen and oxygen atoms in total. The first-order valence-corrected chi connectivity index (χ1v) is 9.85. The molecule has 0 radical (unpaired) electrons. The van der Waals surface area contributed by atoms with Crippen LogP contribution in [0.3, 0.4) is 0 Å². The van der Waals surface area contributed by atoms with Crippen molar-refractivity contribution in [2.45, 2.75) is 50.9 Å². The third kappa shape index (κ3) is 3.16. The summed E-state index contributed by atoms with van der Waals surface area (Å²) >= 11 is 0. The monoisotopic (exact) mass is 383 g/mol. The molecule has 0 bridgehead atoms. The first-order chi connectivity index (χ1) is 13.5. The minimum atomic E-state index is -0.662. The Morgan fingerprint density at radius 1 is 1.39 bits per heavy atom. The predicted molar refractivity (Wildman–Crippen MR) is 104 cm³/mol. The number of pyridine rings is 1. The lowest BCUT2D eigenvalue weighted by molar-refractivity contribution is -0.0734. The molecule has 1 saturated carbocycles. The zero-order chi connectivity index (χ0) is 19.3. The summed E-state index contributed by atoms with van der Waals surface area (Å²) < 4.78 is 11.2. The molecule has 2 unspecified atom stereocenters. The molecule has 28 heavy (non-hydrogen) atoms. The molecule has 2 fully saturated rings. The van der Waals surface area contributed by atoms with Crippen LogP contribution < -0.4 is 15.0 Å². The van der Waals surface area contributed by atoms with E-state index >= 15 is 0 Å². The predicted octanol–water partition coefficient (Wildman–Crippen LogP) is 2.28. The van der Waals surface area contributed by atoms with Crippen molar-refractivity contribution in [1.29, 1.82) is 0 Å². The second-order valence-electron chi connectivity index (χ2n) is 8.02. The Kier molecular flexibility index (Phi) is 4.13. The van der Waals surface area contributed by atoms with Crippen LogP contribution in [0.5, 0.6) is 6.01 Å². The van der Waals surface area contributed by atoms with Crippen molar-refractivity contribution in [3.63, 3.8) is 0 Å². The summed E-state index contributed by atoms with van der Waals surface area (Å²) in [6, 6.07) is 4.37. The van der Waals surface area contributed by atoms with Crippen LogP contribution in [-0.4, -0.2) is 52.1 Å². The number of fused-ring (bicyclic) bond motifs is 2. The van der Waals surface area contributed by atoms with Gasteiger partial charge in [0.2, 0.25) is 0 Å². The third-order valence-electron chi connectivity index (χ3n) is 5.70. The van der Waals surface area contributed by atoms with E-state index in [-0.39, 0.29) is 11.5 Å². The van der Waals surface area contributed by atoms with Gasteiger partial charge in [0.25, 0.3) is 0 Å². The van der Waals surface area contributed by atoms with Gasteiger partial charge >= 0.3 is 6.01 Å². The summed E-state index contributed by atoms with van der Waals surface area (Å²) in [7, 11) is 0. The minimum Gasteiger partial charge on any atom is -0.461 e. The number of aryl methyl sites for hydroxylation is 1. The molecule has 8 heteroatoms. The average molecular weight is 383 g/mol. The van der Waals surface area contributed by atoms with Gasteiger partial charge in [0.1, 0.15) is 24.5 Å². The van der Waals surface area contributed by atoms with Gasteiger partial charge in [0, 0.05) is 54.6 Å². The van der Waals surface area contributed by atoms with Crippen molar-refractivity contribution in [1.82, 2.24) is 15.0 Å². The van der Waals surface area contributed by atoms with Crippen LogP contribution in [0.15, 0.2) is 18.3 Å². The number of rotatable bonds is 6. The maximum absolute atomic E-state index is 9.64. The van der Waals surface area contributed by atoms with Crippen LogP contribution in [-0.2, 0) is 10.2 Å². The van der Waals surface area contributed by atoms with E-state index in [0.29, 0.717) is 18.4 Å². The largest absolute Gasteiger partial charge is 0.461 e. The Balaban J connectivity index is 1.46. The second kappa shape index (κ2) is 6.56. The van der Waals surface area contributed by atoms with E-state index in [1.165, 1.54) is 5.56 Å². The van der Waals surface area contributed by atoms with Gasteiger partial charge < -0.3 is 24.8 Å². The molecule has 1 spiro atoms. The normalized spacial score (nSPS) is 22.5. The second-order valence-corrected chi connectivity index (χ2v) is 8.02. The summed E-state index contributed by atoms with van der Waals surface area (Å²) in [6.45, 7) is 5.80. The molecule has 2 atom stereocenters. The van der Waals surface area contributed by atoms with Gasteiger partial charge in [-0.05, 0) is 26.7 Å². The summed E-state index contributed by atoms with van der Waals surface area (Å²) in [5.41, 5.74) is 3.38. The van der Waals surface area contributed by atoms with E-state index in [0.717, 1.165) is 49.6 Å². The molecule has 148 valence electrons. The van der Waals surface area contributed by atoms with E-state index in [9.17, 15) is 5.11 Å². The van der Waals surface area contributed by atoms with Gasteiger partial charge in [-0.2, -0.15) is 4.98 Å². The zero-order valence-electron chi connectivity index (χ0n) is 16.2. The van der Waals surface area contributed by atoms with Crippen LogP contribution in [0.2, 0.25) is 0 Å². The van der Waals surface area contributed by atoms with E-state index in [4.69, 9.17) is 9.47 Å². The number of nitrogens with zero attached hydrogens (tertiary/aromatic N) is 4. The van der Waals surface area contributed by atoms with E-state index < -0.39 is 6.23 Å². The number of hydrogen-bond acceptors (Lipinski definition) is 8. The number of hydrogen-bond donors (Lipinski definition) is 2. The highest BCUT2D eigenvalue weighted by atomic mass is 16.6. The van der Waals surface area contributed by atoms with Gasteiger partial charge in [-0.15, -0.1) is 0 Å². The Bertz CT molecular complexity index is 895. The summed E-state index contributed by atoms with van der Waals surface area (Å²) in [5.74, 6) is 1.48. The zero-order valence-corrected chi connectivity index (χ0v) is 16.2. The standard InChI is InChI=1S/C20H25N5O3/c1-12-7-18(24-19(22-12)28-10-14-3-6-27-14)25-11-20(4-5-20)15-9-21-17(8-16(15)25)23-13(2)26/h7-9,13-14,26H,3-6,10-11H2,1-2H3,(H,21,23). The van der Waals surface area contributed by atoms with Gasteiger partial charge in [-0.25, -0.2) is 9.97 Å². The van der Waals surface area contributed by atoms with Crippen molar-refractivity contribution in [2.75, 3.05) is 30.0 Å². The lowest BCUT2D eigenvalue weighted by atomic mass is 10.0. The number of ether oxygens (including phenoxy) is 2. The number of nitrogens with one attached hydrogen (secondary N) is 1. The number of aliphatic hydroxyl groups excluding tert-OH is 1. The topological polar surface area (TPSA) is 92.6 Å². The van der Waals surface area contributed by atoms with Gasteiger partial charge in [-0.3, -0.25) is 0 Å². The maximum Gasteiger partial charge on any atom is 0.318 e. The fraction of sp³-hybridized carbons (Fsp3) is 0.550. The molecular weight excluding hydrogens is 358 g/mol. The molecular formula is C20H25N5O3. The van der Waals surface area contributed by atoms with E-state index in [2.05, 4.69) is 25.2 Å². The molecule has 1 aliphatic carbocycles. The lowest BCUT2D eigenvalue weighted by Crippen LogP contribution is -2.33. The quantitative estimate of drug-likeness (QED) is 0.734. The molecule has 4 heterocycles. The lowest BCUT2D eigenvalue weighted by Gasteiger charge is -2.26. The number of aromatic nitrogens is 3. The van der Waals surface area contributed by atoms with Gasteiger partial charge in [0.05, 0.1) is 11.8 Å². The molecule has 2 aromatic heterocycles. The Hall–Kier alpha value is -2.45. The molecule has 0 aromatic carbocycles. The van der Waals surface area contributed by atoms with Crippen LogP contribution >= 0.6 is 0 Å². The fourth-order valence-corrected chi connectivity index (χ4v) is 3.94. The highest BCUT2D eigenvalue weighted by molar-refractivity contribution is 5.74. The first kappa shape index (κ1) is 17.6. The molecule has 2 aromatic rings. The third-order valence-corrected chi connectivity index (χ3v) is 5.70. The number of aliphatic hydroxyl groups is 1. The molecule has 5 rings (SSSR count). The van der Waals surface area contributed by atoms with E-state index in [1.54, 1.807) is 6.92 Å². The fourth-order valence-electron chi connectivity index (χ4n) is 3.94. The Labute approximate surface area is 163 Å². The average Bonchev–Trinajstić information content (AvgIpc) is 3.30. The van der Waals surface area contributed by atoms with Crippen LogP contribution in [0, 0.1) is 6.92 Å². The van der Waals surface area contributed by atoms with Crippen molar-refractivity contribution >= 4 is 17.3 Å². The maximum atomic E-state index is 9.64. The smallest absolute Gasteiger partial charge is 0.318 e. The van der Waals surface area contributed by atoms with Crippen molar-refractivity contribution in [2.24, 2.45) is 0 Å². The minimum absolute atomic E-state index is 0.148. The highest BCUT2D eigenvalue weighted by Crippen LogP contribution is 2.58. The van der Waals surface area contributed by atoms with Crippen LogP contribution in [0.1, 0.15) is 37.4 Å². The molecule has 2 N–H and O–H groups in total. The molecule has 1 saturated heterocycles. The first-order valence-electron chi connectivity index (χ1n) is 9.85. The Morgan fingerprint density at radius 2 is 2.21 bits per heavy atom. The van der Waals surface area contributed by atoms with Crippen LogP contribution in [0.4, 0.5) is 17.3 Å². The number of anilines is 3. The SMILES string of the molecule is Cc1cc(N2CC3(CC3)c3cnc(NC(C)O)cc32)nc(OCC2CCO2)n1. The van der Waals surface area contributed by atoms with Gasteiger partial charge in [0.15, 0.2) is 0 Å². The van der Waals surface area contributed by atoms with Crippen molar-refractivity contribution < 1.29 is 14.6 Å². The van der Waals surface area contributed by atoms with E-state index in [1.807, 2.05) is 25.3 Å². The molecule has 2 aliphatic heterocycles. The van der Waals surface area contributed by atoms with Crippen molar-refractivity contribution in [3.8, 4) is 6.01 Å². The molecule has 3 aliphatic rings. The summed E-state index contributed by atoms with van der Waals surface area (Å²) in [6.07, 6.45) is 4.76. The summed E-state index contributed by atoms with van der Waals surface area (Å²) in [5, 5.41) is 12.6. The van der Waals surface area contributed by atoms with Gasteiger partial charge in [-0.1, -0.05) is 0 Å². The molecule has 0 amide bonds. The van der Waals surface area contributed by atoms with Crippen molar-refractivity contribution in [3.05, 3.63) is 29.6 Å². The van der Waals surface area contributed by atoms with Crippen LogP contribution in [0.25, 0.3) is 0 Å². The Morgan fingerprint density at radius 3 is 2.89 bits per heavy atom.